The van der Waals surface area contributed by atoms with Crippen molar-refractivity contribution in [3.8, 4) is 0 Å². The molecular weight excluding hydrogens is 1230 g/mol. The third-order valence-corrected chi connectivity index (χ3v) is 24.8. The fourth-order valence-electron chi connectivity index (χ4n) is 12.1. The number of aromatic amines is 4. The van der Waals surface area contributed by atoms with Gasteiger partial charge in [-0.15, -0.1) is 0 Å². The molecule has 1 atom stereocenters. The van der Waals surface area contributed by atoms with Crippen molar-refractivity contribution in [3.05, 3.63) is 163 Å². The second-order valence-electron chi connectivity index (χ2n) is 22.7. The molecule has 4 aromatic heterocycles. The van der Waals surface area contributed by atoms with Crippen molar-refractivity contribution in [3.63, 3.8) is 0 Å². The predicted molar refractivity (Wildman–Crippen MR) is 348 cm³/mol. The Balaban J connectivity index is 0.000000131. The quantitative estimate of drug-likeness (QED) is 0.0581. The summed E-state index contributed by atoms with van der Waals surface area (Å²) in [6.07, 6.45) is 10.2. The summed E-state index contributed by atoms with van der Waals surface area (Å²) in [5.74, 6) is 3.51. The number of nitrogens with zero attached hydrogens (tertiary/aromatic N) is 7. The summed E-state index contributed by atoms with van der Waals surface area (Å²) in [4.78, 5) is 17.6. The number of piperazine rings is 2. The summed E-state index contributed by atoms with van der Waals surface area (Å²) in [6.45, 7) is 7.17. The summed E-state index contributed by atoms with van der Waals surface area (Å²) >= 11 is 0. The molecule has 0 aliphatic carbocycles. The molecule has 0 amide bonds. The molecule has 1 unspecified atom stereocenters. The topological polar surface area (TPSA) is 217 Å². The van der Waals surface area contributed by atoms with E-state index in [0.717, 1.165) is 87.5 Å². The summed E-state index contributed by atoms with van der Waals surface area (Å²) in [7, 11) is -8.80. The second-order valence-corrected chi connectivity index (χ2v) is 31.2. The molecule has 5 aromatic carbocycles. The standard InChI is InChI=1S/C19H19FN2O2S.C15H17F3N2O2S.C14H20N4O2S.C14H20N4OS/c20-15-6-7-17-18(13-21-19(17)12-15)14-8-10-22(11-9-14)25(23,24)16-4-2-1-3-5-16;1-15(17,18)23(21,22)20-6-4-10(5-7-20)13-9-19-14-8-11(16)2-3-12(13)14;1-16(2)21(19,20)18-9-7-17(8-10-18)14-11-15-13-6-4-3-5-12(13)14;1-15-20(2,19)18-9-7-17(8-10-18)14-11-16-13-6-4-3-5-12(13)14/h1-7,12-14,21H,8-11H2;2-3,8-10,19H,4-7H2,1H3;3-6,11,15H,7-10H2,1-2H3;3-6,11,16H,2,7-10H2,1H3,(H,15,19). The normalized spacial score (nSPS) is 18.3. The third kappa shape index (κ3) is 14.2. The van der Waals surface area contributed by atoms with Crippen molar-refractivity contribution in [2.75, 3.05) is 109 Å². The predicted octanol–water partition coefficient (Wildman–Crippen LogP) is 9.46. The summed E-state index contributed by atoms with van der Waals surface area (Å²) in [5.41, 5.74) is 8.21. The van der Waals surface area contributed by atoms with Crippen molar-refractivity contribution >= 4 is 101 Å². The van der Waals surface area contributed by atoms with Crippen molar-refractivity contribution in [2.45, 2.75) is 54.6 Å². The Hall–Kier alpha value is -6.79. The summed E-state index contributed by atoms with van der Waals surface area (Å²) < 4.78 is 148. The molecule has 0 bridgehead atoms. The van der Waals surface area contributed by atoms with Crippen LogP contribution in [0.4, 0.5) is 28.9 Å². The molecule has 4 saturated heterocycles. The molecule has 27 heteroatoms. The molecule has 0 radical (unpaired) electrons. The van der Waals surface area contributed by atoms with E-state index in [0.29, 0.717) is 69.4 Å². The van der Waals surface area contributed by atoms with Crippen LogP contribution in [0.15, 0.2) is 145 Å². The number of hydrogen-bond acceptors (Lipinski definition) is 9. The number of hydrogen-bond donors (Lipinski definition) is 5. The Bertz CT molecular complexity index is 4350. The van der Waals surface area contributed by atoms with Crippen LogP contribution in [0, 0.1) is 11.6 Å². The van der Waals surface area contributed by atoms with Crippen LogP contribution in [0.1, 0.15) is 55.6 Å². The van der Waals surface area contributed by atoms with Gasteiger partial charge >= 0.3 is 5.25 Å². The van der Waals surface area contributed by atoms with Gasteiger partial charge in [0.05, 0.1) is 26.2 Å². The summed E-state index contributed by atoms with van der Waals surface area (Å²) in [5, 5.41) is 0.559. The first-order valence-corrected chi connectivity index (χ1v) is 35.4. The van der Waals surface area contributed by atoms with E-state index < -0.39 is 45.4 Å². The number of rotatable bonds is 12. The number of halogens is 4. The zero-order valence-electron chi connectivity index (χ0n) is 50.1. The van der Waals surface area contributed by atoms with Gasteiger partial charge in [0.25, 0.3) is 20.2 Å². The van der Waals surface area contributed by atoms with Gasteiger partial charge in [0, 0.05) is 168 Å². The summed E-state index contributed by atoms with van der Waals surface area (Å²) in [6, 6.07) is 34.2. The number of fused-ring (bicyclic) bond motifs is 4. The average Bonchev–Trinajstić information content (AvgIpc) is 3.22. The number of nitrogens with one attached hydrogen (secondary N) is 5. The highest BCUT2D eigenvalue weighted by molar-refractivity contribution is 7.96. The lowest BCUT2D eigenvalue weighted by Gasteiger charge is -2.36. The average molecular weight is 1310 g/mol. The Morgan fingerprint density at radius 1 is 0.494 bits per heavy atom. The van der Waals surface area contributed by atoms with Crippen molar-refractivity contribution in [1.29, 1.82) is 0 Å². The van der Waals surface area contributed by atoms with Crippen LogP contribution in [0.25, 0.3) is 43.6 Å². The molecule has 5 N–H and O–H groups in total. The van der Waals surface area contributed by atoms with Crippen LogP contribution in [0.3, 0.4) is 0 Å². The zero-order chi connectivity index (χ0) is 63.5. The third-order valence-electron chi connectivity index (χ3n) is 17.1. The van der Waals surface area contributed by atoms with Crippen LogP contribution in [0.5, 0.6) is 0 Å². The van der Waals surface area contributed by atoms with E-state index in [1.54, 1.807) is 72.3 Å². The van der Waals surface area contributed by atoms with Gasteiger partial charge in [-0.3, -0.25) is 0 Å². The minimum absolute atomic E-state index is 0.0598. The van der Waals surface area contributed by atoms with Crippen LogP contribution in [-0.2, 0) is 40.1 Å². The molecule has 4 aliphatic heterocycles. The molecule has 8 heterocycles. The van der Waals surface area contributed by atoms with Crippen LogP contribution in [-0.4, -0.2) is 182 Å². The molecule has 0 spiro atoms. The molecule has 478 valence electrons. The lowest BCUT2D eigenvalue weighted by molar-refractivity contribution is 0.102. The maximum absolute atomic E-state index is 13.3. The van der Waals surface area contributed by atoms with Crippen molar-refractivity contribution < 1.29 is 47.0 Å². The van der Waals surface area contributed by atoms with E-state index in [-0.39, 0.29) is 36.6 Å². The maximum Gasteiger partial charge on any atom is 0.356 e. The minimum atomic E-state index is -4.60. The smallest absolute Gasteiger partial charge is 0.356 e. The molecule has 9 aromatic rings. The van der Waals surface area contributed by atoms with Gasteiger partial charge in [0.15, 0.2) is 0 Å². The fraction of sp³-hybridized carbons (Fsp3) is 0.371. The number of anilines is 2. The molecular formula is C62H76F4N12O7S4. The van der Waals surface area contributed by atoms with E-state index in [1.165, 1.54) is 45.0 Å². The molecule has 89 heavy (non-hydrogen) atoms. The van der Waals surface area contributed by atoms with Gasteiger partial charge in [0.1, 0.15) is 11.6 Å². The molecule has 13 rings (SSSR count). The molecule has 4 aliphatic rings. The number of alkyl halides is 2. The van der Waals surface area contributed by atoms with E-state index in [2.05, 4.69) is 70.8 Å². The molecule has 0 saturated carbocycles. The highest BCUT2D eigenvalue weighted by atomic mass is 32.2. The van der Waals surface area contributed by atoms with Crippen molar-refractivity contribution in [1.82, 2.24) is 46.2 Å². The number of sulfonamides is 2. The van der Waals surface area contributed by atoms with E-state index in [9.17, 15) is 47.0 Å². The van der Waals surface area contributed by atoms with E-state index in [4.69, 9.17) is 0 Å². The van der Waals surface area contributed by atoms with Gasteiger partial charge in [0.2, 0.25) is 10.0 Å². The number of aromatic nitrogens is 4. The Kier molecular flexibility index (Phi) is 19.7. The van der Waals surface area contributed by atoms with Gasteiger partial charge < -0.3 is 29.7 Å². The molecule has 19 nitrogen and oxygen atoms in total. The largest absolute Gasteiger partial charge is 0.367 e. The number of H-pyrrole nitrogens is 4. The lowest BCUT2D eigenvalue weighted by atomic mass is 9.90. The first-order valence-electron chi connectivity index (χ1n) is 29.4. The maximum atomic E-state index is 13.3. The fourth-order valence-corrected chi connectivity index (χ4v) is 16.8. The highest BCUT2D eigenvalue weighted by Gasteiger charge is 2.45. The van der Waals surface area contributed by atoms with Crippen LogP contribution < -0.4 is 14.5 Å². The van der Waals surface area contributed by atoms with Crippen molar-refractivity contribution in [2.24, 2.45) is 0 Å². The first kappa shape index (κ1) is 65.2. The van der Waals surface area contributed by atoms with E-state index >= 15 is 0 Å². The monoisotopic (exact) mass is 1300 g/mol. The number of para-hydroxylation sites is 2. The Morgan fingerprint density at radius 2 is 0.899 bits per heavy atom. The Morgan fingerprint density at radius 3 is 1.33 bits per heavy atom. The number of piperidine rings is 2. The van der Waals surface area contributed by atoms with Gasteiger partial charge in [-0.2, -0.15) is 34.4 Å². The zero-order valence-corrected chi connectivity index (χ0v) is 53.4. The SMILES string of the molecule is C=S(=O)(NC)N1CCN(c2c[nH]c3ccccc23)CC1.CC(F)(F)S(=O)(=O)N1CCC(c2c[nH]c3cc(F)ccc23)CC1.CN(C)S(=O)(=O)N1CCN(c2c[nH]c3ccccc23)CC1.O=S(=O)(c1ccccc1)N1CCC(c2c[nH]c3cc(F)ccc23)CC1. The van der Waals surface area contributed by atoms with Gasteiger partial charge in [-0.05, 0) is 122 Å². The highest BCUT2D eigenvalue weighted by Crippen LogP contribution is 2.38. The first-order chi connectivity index (χ1) is 42.4. The second kappa shape index (κ2) is 27.0. The number of benzene rings is 5. The van der Waals surface area contributed by atoms with Crippen LogP contribution >= 0.6 is 0 Å². The van der Waals surface area contributed by atoms with Crippen LogP contribution in [0.2, 0.25) is 0 Å². The van der Waals surface area contributed by atoms with E-state index in [1.807, 2.05) is 47.0 Å². The van der Waals surface area contributed by atoms with Gasteiger partial charge in [-0.1, -0.05) is 54.6 Å². The molecule has 4 fully saturated rings. The van der Waals surface area contributed by atoms with Gasteiger partial charge in [-0.25, -0.2) is 38.9 Å². The minimum Gasteiger partial charge on any atom is -0.367 e. The lowest BCUT2D eigenvalue weighted by Crippen LogP contribution is -2.51. The Labute approximate surface area is 518 Å².